The van der Waals surface area contributed by atoms with Crippen molar-refractivity contribution in [1.29, 1.82) is 0 Å². The summed E-state index contributed by atoms with van der Waals surface area (Å²) in [6.07, 6.45) is 5.25. The van der Waals surface area contributed by atoms with Crippen LogP contribution in [0.3, 0.4) is 0 Å². The van der Waals surface area contributed by atoms with E-state index in [2.05, 4.69) is 5.32 Å². The standard InChI is InChI=1S/C21H26N2O3/c1-26-20-13-11-19(12-14-20)21(24)22-15-7-2-3-8-16-23(25)17-18-9-5-4-6-10-18/h4-6,9-14,16H,2-3,7-8,15,17H2,1H3,(H,22,24)/b23-16-. The summed E-state index contributed by atoms with van der Waals surface area (Å²) in [6, 6.07) is 16.7. The van der Waals surface area contributed by atoms with E-state index in [4.69, 9.17) is 4.74 Å². The third-order valence-corrected chi connectivity index (χ3v) is 4.03. The van der Waals surface area contributed by atoms with Crippen molar-refractivity contribution in [3.8, 4) is 5.75 Å². The zero-order chi connectivity index (χ0) is 18.6. The molecule has 2 aromatic carbocycles. The molecule has 0 atom stereocenters. The lowest BCUT2D eigenvalue weighted by Gasteiger charge is -2.06. The van der Waals surface area contributed by atoms with E-state index < -0.39 is 0 Å². The molecule has 5 nitrogen and oxygen atoms in total. The molecule has 0 heterocycles. The zero-order valence-electron chi connectivity index (χ0n) is 15.2. The summed E-state index contributed by atoms with van der Waals surface area (Å²) in [5.41, 5.74) is 1.64. The van der Waals surface area contributed by atoms with Crippen molar-refractivity contribution in [3.63, 3.8) is 0 Å². The van der Waals surface area contributed by atoms with E-state index in [1.165, 1.54) is 0 Å². The molecule has 5 heteroatoms. The number of benzene rings is 2. The van der Waals surface area contributed by atoms with Crippen LogP contribution in [0.4, 0.5) is 0 Å². The number of nitrogens with zero attached hydrogens (tertiary/aromatic N) is 1. The number of carbonyl (C=O) groups excluding carboxylic acids is 1. The number of nitrogens with one attached hydrogen (secondary N) is 1. The van der Waals surface area contributed by atoms with Gasteiger partial charge in [0, 0.05) is 24.1 Å². The van der Waals surface area contributed by atoms with Crippen LogP contribution in [0.5, 0.6) is 5.75 Å². The molecule has 0 aliphatic carbocycles. The number of amides is 1. The van der Waals surface area contributed by atoms with Gasteiger partial charge >= 0.3 is 0 Å². The van der Waals surface area contributed by atoms with Crippen LogP contribution < -0.4 is 10.1 Å². The van der Waals surface area contributed by atoms with Crippen LogP contribution in [0.1, 0.15) is 41.6 Å². The van der Waals surface area contributed by atoms with Crippen molar-refractivity contribution in [3.05, 3.63) is 70.9 Å². The second-order valence-corrected chi connectivity index (χ2v) is 6.08. The van der Waals surface area contributed by atoms with Crippen LogP contribution in [0.25, 0.3) is 0 Å². The molecule has 0 aromatic heterocycles. The summed E-state index contributed by atoms with van der Waals surface area (Å²) >= 11 is 0. The smallest absolute Gasteiger partial charge is 0.251 e. The van der Waals surface area contributed by atoms with Gasteiger partial charge < -0.3 is 15.3 Å². The fourth-order valence-electron chi connectivity index (χ4n) is 2.56. The zero-order valence-corrected chi connectivity index (χ0v) is 15.2. The van der Waals surface area contributed by atoms with Gasteiger partial charge in [0.05, 0.1) is 7.11 Å². The molecule has 1 N–H and O–H groups in total. The molecule has 0 spiro atoms. The minimum absolute atomic E-state index is 0.0761. The summed E-state index contributed by atoms with van der Waals surface area (Å²) in [6.45, 7) is 1.02. The molecule has 2 aromatic rings. The van der Waals surface area contributed by atoms with E-state index in [1.54, 1.807) is 37.6 Å². The van der Waals surface area contributed by atoms with Gasteiger partial charge in [-0.2, -0.15) is 0 Å². The number of hydrogen-bond donors (Lipinski definition) is 1. The van der Waals surface area contributed by atoms with Crippen LogP contribution >= 0.6 is 0 Å². The number of ether oxygens (including phenoxy) is 1. The van der Waals surface area contributed by atoms with Crippen molar-refractivity contribution in [2.45, 2.75) is 32.2 Å². The van der Waals surface area contributed by atoms with E-state index in [0.29, 0.717) is 18.7 Å². The predicted molar refractivity (Wildman–Crippen MR) is 104 cm³/mol. The highest BCUT2D eigenvalue weighted by Crippen LogP contribution is 2.11. The molecule has 0 saturated heterocycles. The summed E-state index contributed by atoms with van der Waals surface area (Å²) in [7, 11) is 1.60. The Kier molecular flexibility index (Phi) is 8.19. The second kappa shape index (κ2) is 10.9. The Morgan fingerprint density at radius 3 is 2.50 bits per heavy atom. The summed E-state index contributed by atoms with van der Waals surface area (Å²) in [5.74, 6) is 0.658. The number of hydrogen-bond acceptors (Lipinski definition) is 3. The Balaban J connectivity index is 1.57. The quantitative estimate of drug-likeness (QED) is 0.232. The second-order valence-electron chi connectivity index (χ2n) is 6.08. The molecule has 138 valence electrons. The third kappa shape index (κ3) is 6.97. The minimum atomic E-state index is -0.0761. The van der Waals surface area contributed by atoms with Gasteiger partial charge in [-0.1, -0.05) is 36.8 Å². The van der Waals surface area contributed by atoms with E-state index in [-0.39, 0.29) is 5.91 Å². The maximum Gasteiger partial charge on any atom is 0.251 e. The first-order valence-electron chi connectivity index (χ1n) is 8.92. The number of hydroxylamine groups is 1. The molecular formula is C21H26N2O3. The van der Waals surface area contributed by atoms with Gasteiger partial charge in [-0.05, 0) is 37.1 Å². The highest BCUT2D eigenvalue weighted by molar-refractivity contribution is 5.94. The van der Waals surface area contributed by atoms with Crippen LogP contribution in [-0.2, 0) is 6.54 Å². The number of rotatable bonds is 10. The first kappa shape index (κ1) is 19.5. The monoisotopic (exact) mass is 354 g/mol. The van der Waals surface area contributed by atoms with Crippen molar-refractivity contribution in [2.75, 3.05) is 13.7 Å². The van der Waals surface area contributed by atoms with E-state index in [0.717, 1.165) is 41.7 Å². The Hall–Kier alpha value is -2.82. The Morgan fingerprint density at radius 1 is 1.08 bits per heavy atom. The molecule has 0 fully saturated rings. The van der Waals surface area contributed by atoms with Gasteiger partial charge in [0.25, 0.3) is 5.91 Å². The lowest BCUT2D eigenvalue weighted by atomic mass is 10.2. The number of unbranched alkanes of at least 4 members (excludes halogenated alkanes) is 3. The highest BCUT2D eigenvalue weighted by atomic mass is 16.5. The maximum absolute atomic E-state index is 12.0. The first-order chi connectivity index (χ1) is 12.7. The van der Waals surface area contributed by atoms with Gasteiger partial charge in [-0.25, -0.2) is 4.74 Å². The molecule has 1 amide bonds. The SMILES string of the molecule is COc1ccc(C(=O)NCCCCC/C=[N+](\[O-])Cc2ccccc2)cc1. The van der Waals surface area contributed by atoms with Crippen molar-refractivity contribution in [1.82, 2.24) is 5.32 Å². The van der Waals surface area contributed by atoms with Crippen molar-refractivity contribution in [2.24, 2.45) is 0 Å². The van der Waals surface area contributed by atoms with Crippen LogP contribution in [-0.4, -0.2) is 30.5 Å². The summed E-state index contributed by atoms with van der Waals surface area (Å²) in [4.78, 5) is 12.0. The molecule has 0 aliphatic heterocycles. The van der Waals surface area contributed by atoms with Gasteiger partial charge in [0.1, 0.15) is 5.75 Å². The minimum Gasteiger partial charge on any atom is -0.624 e. The molecule has 0 bridgehead atoms. The topological polar surface area (TPSA) is 64.4 Å². The molecule has 2 rings (SSSR count). The van der Waals surface area contributed by atoms with Gasteiger partial charge in [-0.3, -0.25) is 4.79 Å². The molecule has 0 unspecified atom stereocenters. The Bertz CT molecular complexity index is 697. The fourth-order valence-corrected chi connectivity index (χ4v) is 2.56. The molecule has 0 radical (unpaired) electrons. The highest BCUT2D eigenvalue weighted by Gasteiger charge is 2.04. The van der Waals surface area contributed by atoms with E-state index in [9.17, 15) is 10.0 Å². The van der Waals surface area contributed by atoms with Gasteiger partial charge in [0.15, 0.2) is 12.8 Å². The van der Waals surface area contributed by atoms with Crippen molar-refractivity contribution >= 4 is 12.1 Å². The predicted octanol–water partition coefficient (Wildman–Crippen LogP) is 3.77. The summed E-state index contributed by atoms with van der Waals surface area (Å²) in [5, 5.41) is 14.7. The van der Waals surface area contributed by atoms with Gasteiger partial charge in [-0.15, -0.1) is 0 Å². The van der Waals surface area contributed by atoms with Gasteiger partial charge in [0.2, 0.25) is 0 Å². The fraction of sp³-hybridized carbons (Fsp3) is 0.333. The molecular weight excluding hydrogens is 328 g/mol. The lowest BCUT2D eigenvalue weighted by Crippen LogP contribution is -2.24. The molecule has 0 aliphatic rings. The largest absolute Gasteiger partial charge is 0.624 e. The molecule has 26 heavy (non-hydrogen) atoms. The Labute approximate surface area is 154 Å². The average molecular weight is 354 g/mol. The first-order valence-corrected chi connectivity index (χ1v) is 8.92. The van der Waals surface area contributed by atoms with Crippen LogP contribution in [0.15, 0.2) is 54.6 Å². The number of carbonyl (C=O) groups is 1. The Morgan fingerprint density at radius 2 is 1.81 bits per heavy atom. The number of methoxy groups -OCH3 is 1. The lowest BCUT2D eigenvalue weighted by molar-refractivity contribution is -0.471. The molecule has 0 saturated carbocycles. The maximum atomic E-state index is 12.0. The third-order valence-electron chi connectivity index (χ3n) is 4.03. The van der Waals surface area contributed by atoms with Crippen molar-refractivity contribution < 1.29 is 14.3 Å². The van der Waals surface area contributed by atoms with E-state index in [1.807, 2.05) is 30.3 Å². The van der Waals surface area contributed by atoms with Crippen LogP contribution in [0.2, 0.25) is 0 Å². The van der Waals surface area contributed by atoms with Crippen LogP contribution in [0, 0.1) is 5.21 Å². The average Bonchev–Trinajstić information content (AvgIpc) is 2.68. The van der Waals surface area contributed by atoms with E-state index >= 15 is 0 Å². The summed E-state index contributed by atoms with van der Waals surface area (Å²) < 4.78 is 6.06. The normalized spacial score (nSPS) is 11.2.